The number of nitrogens with two attached hydrogens (primary N) is 1. The predicted octanol–water partition coefficient (Wildman–Crippen LogP) is 2.26. The van der Waals surface area contributed by atoms with Crippen molar-refractivity contribution in [2.75, 3.05) is 24.1 Å². The van der Waals surface area contributed by atoms with E-state index in [9.17, 15) is 9.59 Å². The van der Waals surface area contributed by atoms with Crippen LogP contribution in [0.5, 0.6) is 0 Å². The monoisotopic (exact) mass is 471 g/mol. The van der Waals surface area contributed by atoms with Crippen molar-refractivity contribution in [1.82, 2.24) is 34.2 Å². The summed E-state index contributed by atoms with van der Waals surface area (Å²) in [5.41, 5.74) is 8.46. The highest BCUT2D eigenvalue weighted by molar-refractivity contribution is 6.13. The van der Waals surface area contributed by atoms with Gasteiger partial charge in [-0.3, -0.25) is 9.59 Å². The summed E-state index contributed by atoms with van der Waals surface area (Å²) in [7, 11) is 0. The zero-order valence-corrected chi connectivity index (χ0v) is 19.0. The highest BCUT2D eigenvalue weighted by atomic mass is 16.2. The Morgan fingerprint density at radius 2 is 2.06 bits per heavy atom. The van der Waals surface area contributed by atoms with Gasteiger partial charge in [-0.25, -0.2) is 19.6 Å². The third-order valence-corrected chi connectivity index (χ3v) is 6.10. The molecule has 1 atom stereocenters. The van der Waals surface area contributed by atoms with E-state index in [1.54, 1.807) is 22.1 Å². The summed E-state index contributed by atoms with van der Waals surface area (Å²) >= 11 is 0. The molecule has 1 unspecified atom stereocenters. The highest BCUT2D eigenvalue weighted by Gasteiger charge is 2.29. The van der Waals surface area contributed by atoms with E-state index in [0.29, 0.717) is 36.4 Å². The predicted molar refractivity (Wildman–Crippen MR) is 131 cm³/mol. The van der Waals surface area contributed by atoms with E-state index < -0.39 is 5.91 Å². The summed E-state index contributed by atoms with van der Waals surface area (Å²) in [4.78, 5) is 39.6. The summed E-state index contributed by atoms with van der Waals surface area (Å²) in [6.07, 6.45) is 9.63. The maximum Gasteiger partial charge on any atom is 0.277 e. The molecule has 178 valence electrons. The van der Waals surface area contributed by atoms with Crippen LogP contribution in [0.1, 0.15) is 34.9 Å². The van der Waals surface area contributed by atoms with Crippen LogP contribution in [0.25, 0.3) is 11.0 Å². The molecule has 2 amide bonds. The van der Waals surface area contributed by atoms with Crippen LogP contribution in [0.3, 0.4) is 0 Å². The standard InChI is InChI=1S/C24H25N9O2/c1-2-19(34)32-10-3-4-18(13-32)33-23-20(22(25)27-14-28-23)21(30-33)24(35)29-17-7-5-16(6-8-17)12-31-11-9-26-15-31/h2,5-9,11,14-15,18H,1,3-4,10,12-13H2,(H,29,35)(H2,25,27,28). The molecular formula is C24H25N9O2. The number of carbonyl (C=O) groups excluding carboxylic acids is 2. The van der Waals surface area contributed by atoms with Gasteiger partial charge < -0.3 is 20.5 Å². The van der Waals surface area contributed by atoms with Gasteiger partial charge in [0.25, 0.3) is 5.91 Å². The largest absolute Gasteiger partial charge is 0.383 e. The Kier molecular flexibility index (Phi) is 5.96. The fourth-order valence-electron chi connectivity index (χ4n) is 4.37. The van der Waals surface area contributed by atoms with Crippen molar-refractivity contribution in [3.63, 3.8) is 0 Å². The number of rotatable bonds is 6. The fraction of sp³-hybridized carbons (Fsp3) is 0.250. The molecule has 4 heterocycles. The Morgan fingerprint density at radius 3 is 2.80 bits per heavy atom. The van der Waals surface area contributed by atoms with Crippen LogP contribution in [0.2, 0.25) is 0 Å². The number of piperidine rings is 1. The Hall–Kier alpha value is -4.54. The topological polar surface area (TPSA) is 137 Å². The number of hydrogen-bond acceptors (Lipinski definition) is 7. The summed E-state index contributed by atoms with van der Waals surface area (Å²) in [6, 6.07) is 7.41. The van der Waals surface area contributed by atoms with Crippen molar-refractivity contribution in [3.05, 3.63) is 73.2 Å². The molecule has 0 radical (unpaired) electrons. The average Bonchev–Trinajstić information content (AvgIpc) is 3.53. The molecule has 11 nitrogen and oxygen atoms in total. The zero-order chi connectivity index (χ0) is 24.4. The molecule has 4 aromatic rings. The first kappa shape index (κ1) is 22.3. The van der Waals surface area contributed by atoms with Crippen LogP contribution in [0.4, 0.5) is 11.5 Å². The molecule has 3 aromatic heterocycles. The number of hydrogen-bond donors (Lipinski definition) is 2. The van der Waals surface area contributed by atoms with E-state index in [2.05, 4.69) is 31.9 Å². The molecule has 0 bridgehead atoms. The smallest absolute Gasteiger partial charge is 0.277 e. The number of likely N-dealkylation sites (tertiary alicyclic amines) is 1. The van der Waals surface area contributed by atoms with Crippen LogP contribution < -0.4 is 11.1 Å². The summed E-state index contributed by atoms with van der Waals surface area (Å²) in [6.45, 7) is 5.37. The minimum absolute atomic E-state index is 0.130. The van der Waals surface area contributed by atoms with E-state index >= 15 is 0 Å². The number of nitrogen functional groups attached to an aromatic ring is 1. The number of imidazole rings is 1. The molecule has 35 heavy (non-hydrogen) atoms. The lowest BCUT2D eigenvalue weighted by Gasteiger charge is -2.32. The first-order chi connectivity index (χ1) is 17.0. The van der Waals surface area contributed by atoms with Crippen LogP contribution in [0, 0.1) is 0 Å². The molecular weight excluding hydrogens is 446 g/mol. The molecule has 1 aliphatic heterocycles. The third kappa shape index (κ3) is 4.47. The normalized spacial score (nSPS) is 15.8. The van der Waals surface area contributed by atoms with Gasteiger partial charge in [0.1, 0.15) is 12.1 Å². The Balaban J connectivity index is 1.40. The second-order valence-electron chi connectivity index (χ2n) is 8.42. The Bertz CT molecular complexity index is 1380. The van der Waals surface area contributed by atoms with E-state index in [0.717, 1.165) is 18.4 Å². The fourth-order valence-corrected chi connectivity index (χ4v) is 4.37. The zero-order valence-electron chi connectivity index (χ0n) is 19.0. The minimum atomic E-state index is -0.410. The molecule has 3 N–H and O–H groups in total. The van der Waals surface area contributed by atoms with Gasteiger partial charge in [0.2, 0.25) is 5.91 Å². The Labute approximate surface area is 201 Å². The van der Waals surface area contributed by atoms with Gasteiger partial charge in [-0.2, -0.15) is 5.10 Å². The SMILES string of the molecule is C=CC(=O)N1CCCC(n2nc(C(=O)Nc3ccc(Cn4ccnc4)cc3)c3c(N)ncnc32)C1. The van der Waals surface area contributed by atoms with Crippen molar-refractivity contribution in [2.24, 2.45) is 0 Å². The van der Waals surface area contributed by atoms with Gasteiger partial charge in [0.05, 0.1) is 17.8 Å². The van der Waals surface area contributed by atoms with Crippen molar-refractivity contribution in [1.29, 1.82) is 0 Å². The molecule has 1 aliphatic rings. The van der Waals surface area contributed by atoms with Crippen LogP contribution in [0.15, 0.2) is 62.0 Å². The number of aromatic nitrogens is 6. The van der Waals surface area contributed by atoms with Gasteiger partial charge in [-0.05, 0) is 36.6 Å². The van der Waals surface area contributed by atoms with Crippen molar-refractivity contribution < 1.29 is 9.59 Å². The van der Waals surface area contributed by atoms with Gasteiger partial charge in [0.15, 0.2) is 11.3 Å². The maximum absolute atomic E-state index is 13.2. The number of fused-ring (bicyclic) bond motifs is 1. The first-order valence-electron chi connectivity index (χ1n) is 11.3. The lowest BCUT2D eigenvalue weighted by Crippen LogP contribution is -2.40. The molecule has 5 rings (SSSR count). The molecule has 1 aromatic carbocycles. The summed E-state index contributed by atoms with van der Waals surface area (Å²) in [5.74, 6) is -0.362. The molecule has 1 fully saturated rings. The molecule has 0 aliphatic carbocycles. The number of nitrogens with one attached hydrogen (secondary N) is 1. The second kappa shape index (κ2) is 9.37. The van der Waals surface area contributed by atoms with E-state index in [1.165, 1.54) is 12.4 Å². The van der Waals surface area contributed by atoms with Crippen molar-refractivity contribution >= 4 is 34.4 Å². The third-order valence-electron chi connectivity index (χ3n) is 6.10. The first-order valence-corrected chi connectivity index (χ1v) is 11.3. The van der Waals surface area contributed by atoms with Gasteiger partial charge in [-0.15, -0.1) is 0 Å². The van der Waals surface area contributed by atoms with Crippen LogP contribution in [-0.4, -0.2) is 59.1 Å². The van der Waals surface area contributed by atoms with E-state index in [-0.39, 0.29) is 23.5 Å². The quantitative estimate of drug-likeness (QED) is 0.412. The second-order valence-corrected chi connectivity index (χ2v) is 8.42. The molecule has 0 saturated carbocycles. The molecule has 0 spiro atoms. The lowest BCUT2D eigenvalue weighted by atomic mass is 10.1. The van der Waals surface area contributed by atoms with Crippen molar-refractivity contribution in [2.45, 2.75) is 25.4 Å². The number of nitrogens with zero attached hydrogens (tertiary/aromatic N) is 7. The molecule has 1 saturated heterocycles. The van der Waals surface area contributed by atoms with Gasteiger partial charge >= 0.3 is 0 Å². The summed E-state index contributed by atoms with van der Waals surface area (Å²) < 4.78 is 3.66. The van der Waals surface area contributed by atoms with E-state index in [4.69, 9.17) is 5.73 Å². The summed E-state index contributed by atoms with van der Waals surface area (Å²) in [5, 5.41) is 7.90. The Morgan fingerprint density at radius 1 is 1.23 bits per heavy atom. The van der Waals surface area contributed by atoms with Crippen LogP contribution in [-0.2, 0) is 11.3 Å². The molecule has 11 heteroatoms. The van der Waals surface area contributed by atoms with Crippen LogP contribution >= 0.6 is 0 Å². The minimum Gasteiger partial charge on any atom is -0.383 e. The van der Waals surface area contributed by atoms with Gasteiger partial charge in [-0.1, -0.05) is 18.7 Å². The average molecular weight is 472 g/mol. The van der Waals surface area contributed by atoms with Crippen molar-refractivity contribution in [3.8, 4) is 0 Å². The highest BCUT2D eigenvalue weighted by Crippen LogP contribution is 2.29. The number of anilines is 2. The number of benzene rings is 1. The maximum atomic E-state index is 13.2. The van der Waals surface area contributed by atoms with Gasteiger partial charge in [0, 0.05) is 37.7 Å². The number of amides is 2. The van der Waals surface area contributed by atoms with E-state index in [1.807, 2.05) is 35.0 Å². The lowest BCUT2D eigenvalue weighted by molar-refractivity contribution is -0.127. The number of carbonyl (C=O) groups is 2.